The predicted octanol–water partition coefficient (Wildman–Crippen LogP) is 2.68. The first-order valence-electron chi connectivity index (χ1n) is 2.81. The van der Waals surface area contributed by atoms with Crippen LogP contribution < -0.4 is 0 Å². The normalized spacial score (nSPS) is 11.2. The molecule has 0 aliphatic rings. The second-order valence-corrected chi connectivity index (χ2v) is 2.04. The molecule has 52 valence electrons. The van der Waals surface area contributed by atoms with Crippen LogP contribution >= 0.6 is 11.6 Å². The smallest absolute Gasteiger partial charge is 0.132 e. The van der Waals surface area contributed by atoms with E-state index in [2.05, 4.69) is 6.58 Å². The molecule has 0 aliphatic carbocycles. The molecule has 0 aromatic heterocycles. The zero-order valence-corrected chi connectivity index (χ0v) is 6.53. The van der Waals surface area contributed by atoms with Crippen LogP contribution in [0.5, 0.6) is 0 Å². The Hall–Kier alpha value is -0.430. The number of hydrogen-bond acceptors (Lipinski definition) is 1. The summed E-state index contributed by atoms with van der Waals surface area (Å²) in [6.07, 6.45) is 2.80. The van der Waals surface area contributed by atoms with Gasteiger partial charge in [0.25, 0.3) is 0 Å². The molecule has 0 heterocycles. The highest BCUT2D eigenvalue weighted by Crippen LogP contribution is 2.12. The van der Waals surface area contributed by atoms with Crippen molar-refractivity contribution in [2.75, 3.05) is 7.11 Å². The van der Waals surface area contributed by atoms with Gasteiger partial charge in [-0.05, 0) is 12.5 Å². The third-order valence-electron chi connectivity index (χ3n) is 0.877. The summed E-state index contributed by atoms with van der Waals surface area (Å²) in [7, 11) is 1.58. The summed E-state index contributed by atoms with van der Waals surface area (Å²) in [6, 6.07) is 0. The maximum Gasteiger partial charge on any atom is 0.132 e. The standard InChI is InChI=1S/C7H11ClO/c1-4-5-7(9-3)6(2)8/h5H,2,4H2,1,3H3/b7-5+. The van der Waals surface area contributed by atoms with Crippen molar-refractivity contribution < 1.29 is 4.74 Å². The summed E-state index contributed by atoms with van der Waals surface area (Å²) in [6.45, 7) is 5.53. The number of methoxy groups -OCH3 is 1. The van der Waals surface area contributed by atoms with Gasteiger partial charge >= 0.3 is 0 Å². The number of ether oxygens (including phenoxy) is 1. The Bertz CT molecular complexity index is 127. The van der Waals surface area contributed by atoms with E-state index in [-0.39, 0.29) is 0 Å². The molecule has 0 rings (SSSR count). The Morgan fingerprint density at radius 3 is 2.44 bits per heavy atom. The van der Waals surface area contributed by atoms with Crippen molar-refractivity contribution in [2.24, 2.45) is 0 Å². The SMILES string of the molecule is C=C(Cl)/C(=C\CC)OC. The Labute approximate surface area is 61.0 Å². The molecule has 0 fully saturated rings. The highest BCUT2D eigenvalue weighted by Gasteiger charge is 1.94. The minimum atomic E-state index is 0.458. The average molecular weight is 147 g/mol. The van der Waals surface area contributed by atoms with E-state index in [9.17, 15) is 0 Å². The van der Waals surface area contributed by atoms with Gasteiger partial charge in [0.1, 0.15) is 5.76 Å². The van der Waals surface area contributed by atoms with E-state index in [1.165, 1.54) is 0 Å². The lowest BCUT2D eigenvalue weighted by atomic mass is 10.4. The first-order chi connectivity index (χ1) is 4.22. The molecule has 0 bridgehead atoms. The van der Waals surface area contributed by atoms with Crippen molar-refractivity contribution >= 4 is 11.6 Å². The van der Waals surface area contributed by atoms with Gasteiger partial charge in [-0.2, -0.15) is 0 Å². The molecule has 0 radical (unpaired) electrons. The highest BCUT2D eigenvalue weighted by molar-refractivity contribution is 6.31. The topological polar surface area (TPSA) is 9.23 Å². The third kappa shape index (κ3) is 3.20. The summed E-state index contributed by atoms with van der Waals surface area (Å²) >= 11 is 5.53. The van der Waals surface area contributed by atoms with E-state index in [1.807, 2.05) is 13.0 Å². The van der Waals surface area contributed by atoms with Gasteiger partial charge in [-0.3, -0.25) is 0 Å². The van der Waals surface area contributed by atoms with E-state index in [0.29, 0.717) is 10.8 Å². The minimum Gasteiger partial charge on any atom is -0.496 e. The van der Waals surface area contributed by atoms with E-state index in [4.69, 9.17) is 16.3 Å². The number of hydrogen-bond donors (Lipinski definition) is 0. The van der Waals surface area contributed by atoms with Crippen molar-refractivity contribution in [1.82, 2.24) is 0 Å². The molecule has 0 aromatic carbocycles. The molecule has 0 aromatic rings. The molecule has 0 N–H and O–H groups in total. The van der Waals surface area contributed by atoms with Crippen LogP contribution in [0.2, 0.25) is 0 Å². The average Bonchev–Trinajstić information content (AvgIpc) is 1.82. The van der Waals surface area contributed by atoms with Gasteiger partial charge in [0.15, 0.2) is 0 Å². The van der Waals surface area contributed by atoms with E-state index < -0.39 is 0 Å². The molecular weight excluding hydrogens is 136 g/mol. The maximum absolute atomic E-state index is 5.53. The van der Waals surface area contributed by atoms with E-state index in [1.54, 1.807) is 7.11 Å². The molecule has 0 spiro atoms. The van der Waals surface area contributed by atoms with Crippen LogP contribution in [0.15, 0.2) is 23.4 Å². The zero-order chi connectivity index (χ0) is 7.28. The Balaban J connectivity index is 3.98. The molecule has 0 amide bonds. The van der Waals surface area contributed by atoms with Crippen molar-refractivity contribution in [2.45, 2.75) is 13.3 Å². The first kappa shape index (κ1) is 8.57. The highest BCUT2D eigenvalue weighted by atomic mass is 35.5. The van der Waals surface area contributed by atoms with Crippen LogP contribution in [0.25, 0.3) is 0 Å². The minimum absolute atomic E-state index is 0.458. The van der Waals surface area contributed by atoms with Gasteiger partial charge in [0.05, 0.1) is 12.1 Å². The van der Waals surface area contributed by atoms with E-state index in [0.717, 1.165) is 6.42 Å². The summed E-state index contributed by atoms with van der Waals surface area (Å²) in [5, 5.41) is 0.458. The van der Waals surface area contributed by atoms with Crippen LogP contribution in [0.1, 0.15) is 13.3 Å². The van der Waals surface area contributed by atoms with Crippen LogP contribution in [-0.4, -0.2) is 7.11 Å². The van der Waals surface area contributed by atoms with Crippen molar-refractivity contribution in [3.8, 4) is 0 Å². The molecule has 0 unspecified atom stereocenters. The number of allylic oxidation sites excluding steroid dienone is 2. The Kier molecular flexibility index (Phi) is 4.24. The van der Waals surface area contributed by atoms with Crippen molar-refractivity contribution in [1.29, 1.82) is 0 Å². The summed E-state index contributed by atoms with van der Waals surface area (Å²) in [5.74, 6) is 0.666. The third-order valence-corrected chi connectivity index (χ3v) is 1.06. The first-order valence-corrected chi connectivity index (χ1v) is 3.19. The largest absolute Gasteiger partial charge is 0.496 e. The molecule has 1 nitrogen and oxygen atoms in total. The molecule has 2 heteroatoms. The fourth-order valence-electron chi connectivity index (χ4n) is 0.490. The second-order valence-electron chi connectivity index (χ2n) is 1.59. The van der Waals surface area contributed by atoms with Gasteiger partial charge in [0.2, 0.25) is 0 Å². The van der Waals surface area contributed by atoms with Crippen molar-refractivity contribution in [3.63, 3.8) is 0 Å². The fraction of sp³-hybridized carbons (Fsp3) is 0.429. The molecule has 0 aliphatic heterocycles. The van der Waals surface area contributed by atoms with Gasteiger partial charge in [-0.15, -0.1) is 0 Å². The lowest BCUT2D eigenvalue weighted by Crippen LogP contribution is -1.83. The number of rotatable bonds is 3. The molecule has 0 saturated carbocycles. The fourth-order valence-corrected chi connectivity index (χ4v) is 0.645. The van der Waals surface area contributed by atoms with Crippen molar-refractivity contribution in [3.05, 3.63) is 23.4 Å². The quantitative estimate of drug-likeness (QED) is 0.440. The summed E-state index contributed by atoms with van der Waals surface area (Å²) in [5.41, 5.74) is 0. The van der Waals surface area contributed by atoms with E-state index >= 15 is 0 Å². The zero-order valence-electron chi connectivity index (χ0n) is 5.78. The van der Waals surface area contributed by atoms with Gasteiger partial charge in [0, 0.05) is 0 Å². The summed E-state index contributed by atoms with van der Waals surface area (Å²) in [4.78, 5) is 0. The molecule has 0 saturated heterocycles. The summed E-state index contributed by atoms with van der Waals surface area (Å²) < 4.78 is 4.88. The predicted molar refractivity (Wildman–Crippen MR) is 40.4 cm³/mol. The molecule has 0 atom stereocenters. The van der Waals surface area contributed by atoms with Gasteiger partial charge in [-0.1, -0.05) is 25.1 Å². The Morgan fingerprint density at radius 2 is 2.33 bits per heavy atom. The maximum atomic E-state index is 5.53. The van der Waals surface area contributed by atoms with Crippen LogP contribution in [0.3, 0.4) is 0 Å². The second kappa shape index (κ2) is 4.45. The van der Waals surface area contributed by atoms with Gasteiger partial charge in [-0.25, -0.2) is 0 Å². The monoisotopic (exact) mass is 146 g/mol. The Morgan fingerprint density at radius 1 is 1.78 bits per heavy atom. The lowest BCUT2D eigenvalue weighted by molar-refractivity contribution is 0.303. The van der Waals surface area contributed by atoms with Crippen LogP contribution in [-0.2, 0) is 4.74 Å². The molecule has 9 heavy (non-hydrogen) atoms. The number of halogens is 1. The van der Waals surface area contributed by atoms with Gasteiger partial charge < -0.3 is 4.74 Å². The lowest BCUT2D eigenvalue weighted by Gasteiger charge is -2.00. The molecular formula is C7H11ClO. The van der Waals surface area contributed by atoms with Crippen LogP contribution in [0, 0.1) is 0 Å². The van der Waals surface area contributed by atoms with Crippen LogP contribution in [0.4, 0.5) is 0 Å².